The van der Waals surface area contributed by atoms with Crippen molar-refractivity contribution in [3.05, 3.63) is 91.4 Å². The van der Waals surface area contributed by atoms with Crippen molar-refractivity contribution in [2.24, 2.45) is 0 Å². The van der Waals surface area contributed by atoms with Gasteiger partial charge in [-0.05, 0) is 42.0 Å². The van der Waals surface area contributed by atoms with Gasteiger partial charge in [-0.3, -0.25) is 0 Å². The smallest absolute Gasteiger partial charge is 0.180 e. The molecule has 0 aliphatic heterocycles. The number of nitriles is 1. The molecule has 0 unspecified atom stereocenters. The van der Waals surface area contributed by atoms with Crippen LogP contribution in [-0.2, 0) is 6.61 Å². The second-order valence-corrected chi connectivity index (χ2v) is 7.87. The fourth-order valence-electron chi connectivity index (χ4n) is 2.77. The van der Waals surface area contributed by atoms with Gasteiger partial charge in [0, 0.05) is 26.2 Å². The number of benzene rings is 3. The molecule has 3 aromatic rings. The number of ether oxygens (including phenoxy) is 2. The van der Waals surface area contributed by atoms with Crippen LogP contribution in [0.1, 0.15) is 16.7 Å². The number of hydrogen-bond acceptors (Lipinski definition) is 3. The lowest BCUT2D eigenvalue weighted by Gasteiger charge is -2.14. The molecular formula is C23H15Cl4NO2. The molecule has 0 amide bonds. The van der Waals surface area contributed by atoms with E-state index in [4.69, 9.17) is 55.9 Å². The lowest BCUT2D eigenvalue weighted by Crippen LogP contribution is -1.99. The van der Waals surface area contributed by atoms with Crippen LogP contribution in [0.15, 0.2) is 54.6 Å². The Morgan fingerprint density at radius 1 is 0.967 bits per heavy atom. The summed E-state index contributed by atoms with van der Waals surface area (Å²) in [7, 11) is 1.51. The van der Waals surface area contributed by atoms with Crippen LogP contribution >= 0.6 is 46.4 Å². The number of hydrogen-bond donors (Lipinski definition) is 0. The van der Waals surface area contributed by atoms with Crippen LogP contribution in [0.5, 0.6) is 11.5 Å². The Hall–Kier alpha value is -2.35. The summed E-state index contributed by atoms with van der Waals surface area (Å²) in [6, 6.07) is 17.9. The first-order chi connectivity index (χ1) is 14.4. The van der Waals surface area contributed by atoms with Gasteiger partial charge >= 0.3 is 0 Å². The van der Waals surface area contributed by atoms with Gasteiger partial charge in [0.1, 0.15) is 6.61 Å². The molecule has 0 heterocycles. The Morgan fingerprint density at radius 3 is 2.40 bits per heavy atom. The molecule has 3 aromatic carbocycles. The summed E-state index contributed by atoms with van der Waals surface area (Å²) in [6.45, 7) is 0.185. The number of rotatable bonds is 6. The summed E-state index contributed by atoms with van der Waals surface area (Å²) in [5.41, 5.74) is 2.47. The van der Waals surface area contributed by atoms with E-state index in [1.807, 2.05) is 6.07 Å². The molecule has 0 saturated carbocycles. The van der Waals surface area contributed by atoms with Crippen molar-refractivity contribution in [3.63, 3.8) is 0 Å². The third kappa shape index (κ3) is 5.22. The lowest BCUT2D eigenvalue weighted by atomic mass is 10.0. The maximum Gasteiger partial charge on any atom is 0.180 e. The zero-order valence-electron chi connectivity index (χ0n) is 15.8. The topological polar surface area (TPSA) is 42.2 Å². The molecule has 0 aliphatic carbocycles. The predicted octanol–water partition coefficient (Wildman–Crippen LogP) is 7.95. The van der Waals surface area contributed by atoms with E-state index in [0.29, 0.717) is 48.3 Å². The number of allylic oxidation sites excluding steroid dienone is 1. The Kier molecular flexibility index (Phi) is 7.53. The van der Waals surface area contributed by atoms with E-state index < -0.39 is 0 Å². The SMILES string of the molecule is COc1cc(C=C(C#N)c2ccccc2Cl)cc(Cl)c1OCc1ccc(Cl)cc1Cl. The molecule has 0 atom stereocenters. The highest BCUT2D eigenvalue weighted by molar-refractivity contribution is 6.35. The van der Waals surface area contributed by atoms with E-state index >= 15 is 0 Å². The summed E-state index contributed by atoms with van der Waals surface area (Å²) in [4.78, 5) is 0. The van der Waals surface area contributed by atoms with Gasteiger partial charge in [-0.25, -0.2) is 0 Å². The Bertz CT molecular complexity index is 1150. The monoisotopic (exact) mass is 477 g/mol. The highest BCUT2D eigenvalue weighted by Crippen LogP contribution is 2.38. The minimum atomic E-state index is 0.185. The molecule has 0 radical (unpaired) electrons. The highest BCUT2D eigenvalue weighted by Gasteiger charge is 2.14. The summed E-state index contributed by atoms with van der Waals surface area (Å²) < 4.78 is 11.3. The second-order valence-electron chi connectivity index (χ2n) is 6.21. The Morgan fingerprint density at radius 2 is 1.73 bits per heavy atom. The highest BCUT2D eigenvalue weighted by atomic mass is 35.5. The van der Waals surface area contributed by atoms with Crippen molar-refractivity contribution in [1.29, 1.82) is 5.26 Å². The molecule has 0 bridgehead atoms. The van der Waals surface area contributed by atoms with E-state index in [1.54, 1.807) is 54.6 Å². The van der Waals surface area contributed by atoms with E-state index in [-0.39, 0.29) is 6.61 Å². The van der Waals surface area contributed by atoms with Gasteiger partial charge < -0.3 is 9.47 Å². The van der Waals surface area contributed by atoms with Crippen LogP contribution in [0.3, 0.4) is 0 Å². The first kappa shape index (κ1) is 22.3. The molecule has 0 fully saturated rings. The number of nitrogens with zero attached hydrogens (tertiary/aromatic N) is 1. The molecule has 30 heavy (non-hydrogen) atoms. The molecular weight excluding hydrogens is 464 g/mol. The van der Waals surface area contributed by atoms with Gasteiger partial charge in [-0.1, -0.05) is 70.7 Å². The molecule has 0 aliphatic rings. The molecule has 0 N–H and O–H groups in total. The molecule has 0 aromatic heterocycles. The lowest BCUT2D eigenvalue weighted by molar-refractivity contribution is 0.285. The van der Waals surface area contributed by atoms with Crippen LogP contribution in [0.2, 0.25) is 20.1 Å². The molecule has 0 saturated heterocycles. The number of methoxy groups -OCH3 is 1. The van der Waals surface area contributed by atoms with Gasteiger partial charge in [0.05, 0.1) is 23.8 Å². The normalized spacial score (nSPS) is 11.1. The van der Waals surface area contributed by atoms with E-state index in [2.05, 4.69) is 6.07 Å². The van der Waals surface area contributed by atoms with E-state index in [9.17, 15) is 5.26 Å². The van der Waals surface area contributed by atoms with Gasteiger partial charge in [-0.15, -0.1) is 0 Å². The Balaban J connectivity index is 1.92. The first-order valence-electron chi connectivity index (χ1n) is 8.74. The van der Waals surface area contributed by atoms with Gasteiger partial charge in [0.25, 0.3) is 0 Å². The Labute approximate surface area is 195 Å². The average Bonchev–Trinajstić information content (AvgIpc) is 2.72. The zero-order chi connectivity index (χ0) is 21.7. The van der Waals surface area contributed by atoms with E-state index in [0.717, 1.165) is 5.56 Å². The van der Waals surface area contributed by atoms with Crippen molar-refractivity contribution >= 4 is 58.1 Å². The maximum absolute atomic E-state index is 9.58. The van der Waals surface area contributed by atoms with Crippen molar-refractivity contribution in [3.8, 4) is 17.6 Å². The van der Waals surface area contributed by atoms with Gasteiger partial charge in [-0.2, -0.15) is 5.26 Å². The third-order valence-electron chi connectivity index (χ3n) is 4.23. The fourth-order valence-corrected chi connectivity index (χ4v) is 3.74. The maximum atomic E-state index is 9.58. The average molecular weight is 479 g/mol. The van der Waals surface area contributed by atoms with Gasteiger partial charge in [0.2, 0.25) is 0 Å². The van der Waals surface area contributed by atoms with Crippen molar-refractivity contribution < 1.29 is 9.47 Å². The van der Waals surface area contributed by atoms with Crippen molar-refractivity contribution in [2.75, 3.05) is 7.11 Å². The van der Waals surface area contributed by atoms with Crippen LogP contribution in [0.4, 0.5) is 0 Å². The quantitative estimate of drug-likeness (QED) is 0.266. The molecule has 3 nitrogen and oxygen atoms in total. The molecule has 0 spiro atoms. The summed E-state index contributed by atoms with van der Waals surface area (Å²) in [5, 5.41) is 11.4. The van der Waals surface area contributed by atoms with Crippen LogP contribution in [0.25, 0.3) is 11.6 Å². The van der Waals surface area contributed by atoms with Crippen molar-refractivity contribution in [1.82, 2.24) is 0 Å². The number of halogens is 4. The third-order valence-corrected chi connectivity index (χ3v) is 5.43. The summed E-state index contributed by atoms with van der Waals surface area (Å²) in [6.07, 6.45) is 1.69. The minimum Gasteiger partial charge on any atom is -0.493 e. The van der Waals surface area contributed by atoms with Crippen LogP contribution in [-0.4, -0.2) is 7.11 Å². The summed E-state index contributed by atoms with van der Waals surface area (Å²) >= 11 is 24.8. The predicted molar refractivity (Wildman–Crippen MR) is 124 cm³/mol. The van der Waals surface area contributed by atoms with Crippen LogP contribution < -0.4 is 9.47 Å². The zero-order valence-corrected chi connectivity index (χ0v) is 18.8. The van der Waals surface area contributed by atoms with Crippen LogP contribution in [0, 0.1) is 11.3 Å². The largest absolute Gasteiger partial charge is 0.493 e. The van der Waals surface area contributed by atoms with Crippen molar-refractivity contribution in [2.45, 2.75) is 6.61 Å². The second kappa shape index (κ2) is 10.1. The van der Waals surface area contributed by atoms with E-state index in [1.165, 1.54) is 7.11 Å². The molecule has 152 valence electrons. The first-order valence-corrected chi connectivity index (χ1v) is 10.2. The standard InChI is InChI=1S/C23H15Cl4NO2/c1-29-22-10-14(8-16(12-28)18-4-2-3-5-19(18)25)9-21(27)23(22)30-13-15-6-7-17(24)11-20(15)26/h2-11H,13H2,1H3. The summed E-state index contributed by atoms with van der Waals surface area (Å²) in [5.74, 6) is 0.800. The molecule has 3 rings (SSSR count). The van der Waals surface area contributed by atoms with Gasteiger partial charge in [0.15, 0.2) is 11.5 Å². The molecule has 7 heteroatoms. The fraction of sp³-hybridized carbons (Fsp3) is 0.0870. The minimum absolute atomic E-state index is 0.185.